The lowest BCUT2D eigenvalue weighted by Gasteiger charge is -2.10. The number of rotatable bonds is 6. The van der Waals surface area contributed by atoms with Crippen molar-refractivity contribution in [3.63, 3.8) is 0 Å². The molecule has 0 bridgehead atoms. The van der Waals surface area contributed by atoms with Crippen LogP contribution in [0.3, 0.4) is 0 Å². The minimum absolute atomic E-state index is 0.00908. The van der Waals surface area contributed by atoms with Gasteiger partial charge in [-0.2, -0.15) is 4.39 Å². The van der Waals surface area contributed by atoms with Crippen LogP contribution in [0, 0.1) is 0 Å². The quantitative estimate of drug-likeness (QED) is 0.370. The normalized spacial score (nSPS) is 10.3. The molecule has 0 fully saturated rings. The molecule has 0 amide bonds. The van der Waals surface area contributed by atoms with E-state index < -0.39 is 23.7 Å². The van der Waals surface area contributed by atoms with Gasteiger partial charge in [0, 0.05) is 0 Å². The average molecular weight is 410 g/mol. The van der Waals surface area contributed by atoms with Crippen LogP contribution >= 0.6 is 0 Å². The van der Waals surface area contributed by atoms with Gasteiger partial charge in [-0.3, -0.25) is 0 Å². The second-order valence-electron chi connectivity index (χ2n) is 6.08. The van der Waals surface area contributed by atoms with Crippen LogP contribution in [-0.4, -0.2) is 30.1 Å². The Hall–Kier alpha value is -4.20. The van der Waals surface area contributed by atoms with Crippen molar-refractivity contribution in [3.8, 4) is 17.2 Å². The maximum Gasteiger partial charge on any atom is 0.371 e. The predicted molar refractivity (Wildman–Crippen MR) is 105 cm³/mol. The number of esters is 2. The number of carboxylic acid groups (broad SMARTS) is 1. The van der Waals surface area contributed by atoms with Crippen LogP contribution in [0.2, 0.25) is 0 Å². The molecule has 30 heavy (non-hydrogen) atoms. The average Bonchev–Trinajstić information content (AvgIpc) is 2.73. The summed E-state index contributed by atoms with van der Waals surface area (Å²) < 4.78 is 28.0. The van der Waals surface area contributed by atoms with Gasteiger partial charge < -0.3 is 19.3 Å². The van der Waals surface area contributed by atoms with E-state index >= 15 is 0 Å². The van der Waals surface area contributed by atoms with Gasteiger partial charge in [-0.25, -0.2) is 14.4 Å². The van der Waals surface area contributed by atoms with Gasteiger partial charge in [-0.15, -0.1) is 0 Å². The van der Waals surface area contributed by atoms with Crippen molar-refractivity contribution in [3.05, 3.63) is 78.1 Å². The summed E-state index contributed by atoms with van der Waals surface area (Å²) in [5.41, 5.74) is 0.221. The maximum absolute atomic E-state index is 12.8. The first-order chi connectivity index (χ1) is 14.3. The van der Waals surface area contributed by atoms with Crippen LogP contribution in [0.5, 0.6) is 17.2 Å². The molecule has 3 rings (SSSR count). The number of aromatic carboxylic acids is 1. The Bertz CT molecular complexity index is 1180. The molecule has 152 valence electrons. The highest BCUT2D eigenvalue weighted by atomic mass is 19.1. The van der Waals surface area contributed by atoms with Crippen LogP contribution in [0.4, 0.5) is 4.39 Å². The molecular weight excluding hydrogens is 395 g/mol. The molecule has 0 aromatic heterocycles. The zero-order valence-electron chi connectivity index (χ0n) is 15.7. The molecule has 0 atom stereocenters. The summed E-state index contributed by atoms with van der Waals surface area (Å²) in [6, 6.07) is 13.1. The zero-order valence-corrected chi connectivity index (χ0v) is 15.7. The van der Waals surface area contributed by atoms with Gasteiger partial charge in [0.25, 0.3) is 0 Å². The Kier molecular flexibility index (Phi) is 5.78. The van der Waals surface area contributed by atoms with Gasteiger partial charge in [0.15, 0.2) is 11.5 Å². The number of halogens is 1. The van der Waals surface area contributed by atoms with E-state index in [0.29, 0.717) is 10.8 Å². The summed E-state index contributed by atoms with van der Waals surface area (Å²) in [6.07, 6.45) is 0. The molecular formula is C22H15FO7. The third-order valence-electron chi connectivity index (χ3n) is 4.09. The Morgan fingerprint density at radius 3 is 2.20 bits per heavy atom. The molecule has 8 heteroatoms. The van der Waals surface area contributed by atoms with Gasteiger partial charge in [-0.1, -0.05) is 18.7 Å². The lowest BCUT2D eigenvalue weighted by molar-refractivity contribution is -0.131. The van der Waals surface area contributed by atoms with Crippen molar-refractivity contribution in [1.29, 1.82) is 0 Å². The van der Waals surface area contributed by atoms with Gasteiger partial charge in [-0.05, 0) is 53.2 Å². The third-order valence-corrected chi connectivity index (χ3v) is 4.09. The fraction of sp³-hybridized carbons (Fsp3) is 0.0455. The number of hydrogen-bond donors (Lipinski definition) is 1. The monoisotopic (exact) mass is 410 g/mol. The van der Waals surface area contributed by atoms with Gasteiger partial charge in [0.05, 0.1) is 18.2 Å². The first-order valence-corrected chi connectivity index (χ1v) is 8.52. The molecule has 0 aliphatic carbocycles. The Labute approximate surface area is 169 Å². The van der Waals surface area contributed by atoms with Crippen LogP contribution in [0.15, 0.2) is 67.0 Å². The number of carbonyl (C=O) groups excluding carboxylic acids is 2. The van der Waals surface area contributed by atoms with Gasteiger partial charge in [0.1, 0.15) is 5.75 Å². The minimum Gasteiger partial charge on any atom is -0.493 e. The van der Waals surface area contributed by atoms with E-state index in [9.17, 15) is 18.8 Å². The van der Waals surface area contributed by atoms with Crippen molar-refractivity contribution in [2.45, 2.75) is 0 Å². The standard InChI is InChI=1S/C22H15FO7/c1-12(23)21(26)29-17-7-5-13-9-16(4-3-14(13)10-17)22(27)30-18-8-6-15(20(24)25)11-19(18)28-2/h3-11H,1H2,2H3,(H,24,25). The molecule has 0 saturated heterocycles. The highest BCUT2D eigenvalue weighted by Crippen LogP contribution is 2.29. The zero-order chi connectivity index (χ0) is 21.8. The van der Waals surface area contributed by atoms with E-state index in [0.717, 1.165) is 0 Å². The van der Waals surface area contributed by atoms with Gasteiger partial charge in [0.2, 0.25) is 5.83 Å². The van der Waals surface area contributed by atoms with E-state index in [4.69, 9.17) is 19.3 Å². The first-order valence-electron chi connectivity index (χ1n) is 8.52. The Morgan fingerprint density at radius 2 is 1.53 bits per heavy atom. The molecule has 0 saturated carbocycles. The van der Waals surface area contributed by atoms with E-state index in [1.807, 2.05) is 0 Å². The lowest BCUT2D eigenvalue weighted by atomic mass is 10.1. The summed E-state index contributed by atoms with van der Waals surface area (Å²) in [5.74, 6) is -3.90. The fourth-order valence-electron chi connectivity index (χ4n) is 2.62. The van der Waals surface area contributed by atoms with E-state index in [1.54, 1.807) is 18.2 Å². The largest absolute Gasteiger partial charge is 0.493 e. The molecule has 0 aliphatic rings. The number of carboxylic acids is 1. The van der Waals surface area contributed by atoms with E-state index in [2.05, 4.69) is 6.58 Å². The number of ether oxygens (including phenoxy) is 3. The molecule has 0 radical (unpaired) electrons. The van der Waals surface area contributed by atoms with Crippen molar-refractivity contribution in [2.24, 2.45) is 0 Å². The smallest absolute Gasteiger partial charge is 0.371 e. The molecule has 0 aliphatic heterocycles. The molecule has 0 heterocycles. The van der Waals surface area contributed by atoms with Crippen LogP contribution in [-0.2, 0) is 4.79 Å². The van der Waals surface area contributed by atoms with Crippen LogP contribution < -0.4 is 14.2 Å². The molecule has 3 aromatic carbocycles. The minimum atomic E-state index is -1.21. The maximum atomic E-state index is 12.8. The number of methoxy groups -OCH3 is 1. The topological polar surface area (TPSA) is 99.1 Å². The van der Waals surface area contributed by atoms with Gasteiger partial charge >= 0.3 is 17.9 Å². The predicted octanol–water partition coefficient (Wildman–Crippen LogP) is 4.15. The van der Waals surface area contributed by atoms with E-state index in [1.165, 1.54) is 43.5 Å². The second-order valence-corrected chi connectivity index (χ2v) is 6.08. The number of carbonyl (C=O) groups is 3. The lowest BCUT2D eigenvalue weighted by Crippen LogP contribution is -2.10. The summed E-state index contributed by atoms with van der Waals surface area (Å²) in [6.45, 7) is 2.87. The number of benzene rings is 3. The third kappa shape index (κ3) is 4.44. The Morgan fingerprint density at radius 1 is 0.867 bits per heavy atom. The number of fused-ring (bicyclic) bond motifs is 1. The molecule has 0 unspecified atom stereocenters. The van der Waals surface area contributed by atoms with Crippen molar-refractivity contribution >= 4 is 28.7 Å². The van der Waals surface area contributed by atoms with Crippen molar-refractivity contribution in [2.75, 3.05) is 7.11 Å². The van der Waals surface area contributed by atoms with Crippen LogP contribution in [0.25, 0.3) is 10.8 Å². The Balaban J connectivity index is 1.83. The molecule has 3 aromatic rings. The SMILES string of the molecule is C=C(F)C(=O)Oc1ccc2cc(C(=O)Oc3ccc(C(=O)O)cc3OC)ccc2c1. The van der Waals surface area contributed by atoms with Crippen molar-refractivity contribution < 1.29 is 38.1 Å². The van der Waals surface area contributed by atoms with Crippen molar-refractivity contribution in [1.82, 2.24) is 0 Å². The second kappa shape index (κ2) is 8.44. The molecule has 0 spiro atoms. The van der Waals surface area contributed by atoms with Crippen LogP contribution in [0.1, 0.15) is 20.7 Å². The summed E-state index contributed by atoms with van der Waals surface area (Å²) >= 11 is 0. The summed E-state index contributed by atoms with van der Waals surface area (Å²) in [4.78, 5) is 34.8. The summed E-state index contributed by atoms with van der Waals surface area (Å²) in [5, 5.41) is 10.3. The molecule has 7 nitrogen and oxygen atoms in total. The fourth-order valence-corrected chi connectivity index (χ4v) is 2.62. The first kappa shape index (κ1) is 20.5. The van der Waals surface area contributed by atoms with E-state index in [-0.39, 0.29) is 28.4 Å². The highest BCUT2D eigenvalue weighted by molar-refractivity contribution is 5.97. The molecule has 1 N–H and O–H groups in total. The highest BCUT2D eigenvalue weighted by Gasteiger charge is 2.16. The number of hydrogen-bond acceptors (Lipinski definition) is 6. The summed E-state index contributed by atoms with van der Waals surface area (Å²) in [7, 11) is 1.33.